The SMILES string of the molecule is O=C(Cn1nc(-c2cccs2)oc1=O)Nc1ccc(F)c(Cl)c1. The number of carbonyl (C=O) groups is 1. The molecule has 0 aliphatic rings. The summed E-state index contributed by atoms with van der Waals surface area (Å²) in [6, 6.07) is 7.32. The summed E-state index contributed by atoms with van der Waals surface area (Å²) in [7, 11) is 0. The number of amides is 1. The van der Waals surface area contributed by atoms with Crippen molar-refractivity contribution in [2.45, 2.75) is 6.54 Å². The van der Waals surface area contributed by atoms with E-state index in [1.807, 2.05) is 5.38 Å². The lowest BCUT2D eigenvalue weighted by Gasteiger charge is -2.05. The number of carbonyl (C=O) groups excluding carboxylic acids is 1. The Labute approximate surface area is 138 Å². The largest absolute Gasteiger partial charge is 0.437 e. The molecule has 0 saturated carbocycles. The van der Waals surface area contributed by atoms with E-state index in [1.54, 1.807) is 12.1 Å². The normalized spacial score (nSPS) is 10.7. The van der Waals surface area contributed by atoms with Crippen molar-refractivity contribution in [3.8, 4) is 10.8 Å². The van der Waals surface area contributed by atoms with Crippen molar-refractivity contribution in [1.29, 1.82) is 0 Å². The minimum absolute atomic E-state index is 0.110. The maximum absolute atomic E-state index is 13.1. The van der Waals surface area contributed by atoms with E-state index in [2.05, 4.69) is 10.4 Å². The molecule has 2 aromatic heterocycles. The Morgan fingerprint density at radius 3 is 2.96 bits per heavy atom. The van der Waals surface area contributed by atoms with E-state index in [1.165, 1.54) is 23.5 Å². The molecule has 1 amide bonds. The number of benzene rings is 1. The molecule has 118 valence electrons. The first-order valence-electron chi connectivity index (χ1n) is 6.39. The Bertz CT molecular complexity index is 904. The first kappa shape index (κ1) is 15.4. The number of nitrogens with zero attached hydrogens (tertiary/aromatic N) is 2. The number of hydrogen-bond acceptors (Lipinski definition) is 5. The summed E-state index contributed by atoms with van der Waals surface area (Å²) in [6.45, 7) is -0.331. The van der Waals surface area contributed by atoms with Crippen molar-refractivity contribution in [2.24, 2.45) is 0 Å². The molecule has 0 atom stereocenters. The van der Waals surface area contributed by atoms with Crippen molar-refractivity contribution < 1.29 is 13.6 Å². The summed E-state index contributed by atoms with van der Waals surface area (Å²) in [4.78, 5) is 24.3. The second kappa shape index (κ2) is 6.35. The monoisotopic (exact) mass is 353 g/mol. The van der Waals surface area contributed by atoms with Crippen LogP contribution in [0.5, 0.6) is 0 Å². The lowest BCUT2D eigenvalue weighted by molar-refractivity contribution is -0.117. The Balaban J connectivity index is 1.73. The van der Waals surface area contributed by atoms with Crippen LogP contribution in [-0.4, -0.2) is 15.7 Å². The molecule has 0 fully saturated rings. The molecule has 1 N–H and O–H groups in total. The van der Waals surface area contributed by atoms with Crippen LogP contribution < -0.4 is 11.1 Å². The maximum atomic E-state index is 13.1. The average molecular weight is 354 g/mol. The molecule has 0 saturated heterocycles. The zero-order valence-corrected chi connectivity index (χ0v) is 13.0. The van der Waals surface area contributed by atoms with Crippen LogP contribution >= 0.6 is 22.9 Å². The molecule has 6 nitrogen and oxygen atoms in total. The molecular weight excluding hydrogens is 345 g/mol. The number of thiophene rings is 1. The molecule has 9 heteroatoms. The number of anilines is 1. The summed E-state index contributed by atoms with van der Waals surface area (Å²) in [5.74, 6) is -1.68. The molecule has 2 heterocycles. The molecule has 0 radical (unpaired) electrons. The van der Waals surface area contributed by atoms with Crippen LogP contribution in [0.4, 0.5) is 10.1 Å². The highest BCUT2D eigenvalue weighted by Gasteiger charge is 2.14. The molecule has 3 aromatic rings. The van der Waals surface area contributed by atoms with Crippen molar-refractivity contribution in [3.05, 3.63) is 57.1 Å². The number of halogens is 2. The summed E-state index contributed by atoms with van der Waals surface area (Å²) in [6.07, 6.45) is 0. The van der Waals surface area contributed by atoms with E-state index >= 15 is 0 Å². The molecule has 23 heavy (non-hydrogen) atoms. The quantitative estimate of drug-likeness (QED) is 0.782. The van der Waals surface area contributed by atoms with Gasteiger partial charge in [-0.3, -0.25) is 4.79 Å². The smallest absolute Gasteiger partial charge is 0.387 e. The van der Waals surface area contributed by atoms with Gasteiger partial charge in [0.05, 0.1) is 9.90 Å². The number of nitrogens with one attached hydrogen (secondary N) is 1. The Morgan fingerprint density at radius 1 is 1.43 bits per heavy atom. The zero-order valence-electron chi connectivity index (χ0n) is 11.5. The Kier molecular flexibility index (Phi) is 4.26. The Morgan fingerprint density at radius 2 is 2.26 bits per heavy atom. The molecule has 1 aromatic carbocycles. The third kappa shape index (κ3) is 3.49. The minimum Gasteiger partial charge on any atom is -0.387 e. The third-order valence-electron chi connectivity index (χ3n) is 2.83. The van der Waals surface area contributed by atoms with Crippen LogP contribution in [-0.2, 0) is 11.3 Å². The van der Waals surface area contributed by atoms with Crippen LogP contribution in [0.25, 0.3) is 10.8 Å². The predicted molar refractivity (Wildman–Crippen MR) is 84.1 cm³/mol. The summed E-state index contributed by atoms with van der Waals surface area (Å²) < 4.78 is 19.0. The fourth-order valence-corrected chi connectivity index (χ4v) is 2.64. The standard InChI is InChI=1S/C14H9ClFN3O3S/c15-9-6-8(3-4-10(9)16)17-12(20)7-19-14(21)22-13(18-19)11-2-1-5-23-11/h1-6H,7H2,(H,17,20). The van der Waals surface area contributed by atoms with Crippen LogP contribution in [0, 0.1) is 5.82 Å². The van der Waals surface area contributed by atoms with Gasteiger partial charge >= 0.3 is 5.76 Å². The van der Waals surface area contributed by atoms with Gasteiger partial charge < -0.3 is 9.73 Å². The number of aromatic nitrogens is 2. The van der Waals surface area contributed by atoms with Crippen LogP contribution in [0.2, 0.25) is 5.02 Å². The van der Waals surface area contributed by atoms with E-state index in [9.17, 15) is 14.0 Å². The Hall–Kier alpha value is -2.45. The van der Waals surface area contributed by atoms with E-state index in [0.29, 0.717) is 10.6 Å². The molecular formula is C14H9ClFN3O3S. The van der Waals surface area contributed by atoms with Gasteiger partial charge in [0.25, 0.3) is 5.89 Å². The van der Waals surface area contributed by atoms with Crippen LogP contribution in [0.3, 0.4) is 0 Å². The van der Waals surface area contributed by atoms with Gasteiger partial charge in [-0.25, -0.2) is 9.18 Å². The minimum atomic E-state index is -0.735. The van der Waals surface area contributed by atoms with Crippen LogP contribution in [0.1, 0.15) is 0 Å². The van der Waals surface area contributed by atoms with Gasteiger partial charge in [0.1, 0.15) is 12.4 Å². The van der Waals surface area contributed by atoms with Crippen LogP contribution in [0.15, 0.2) is 44.9 Å². The van der Waals surface area contributed by atoms with E-state index in [0.717, 1.165) is 10.7 Å². The number of hydrogen-bond donors (Lipinski definition) is 1. The molecule has 3 rings (SSSR count). The molecule has 0 spiro atoms. The zero-order chi connectivity index (χ0) is 16.4. The van der Waals surface area contributed by atoms with E-state index < -0.39 is 17.5 Å². The fourth-order valence-electron chi connectivity index (χ4n) is 1.82. The third-order valence-corrected chi connectivity index (χ3v) is 3.98. The van der Waals surface area contributed by atoms with Crippen molar-refractivity contribution >= 4 is 34.5 Å². The summed E-state index contributed by atoms with van der Waals surface area (Å²) >= 11 is 7.00. The highest BCUT2D eigenvalue weighted by Crippen LogP contribution is 2.21. The van der Waals surface area contributed by atoms with Crippen molar-refractivity contribution in [2.75, 3.05) is 5.32 Å². The maximum Gasteiger partial charge on any atom is 0.437 e. The van der Waals surface area contributed by atoms with Gasteiger partial charge in [-0.05, 0) is 29.6 Å². The molecule has 0 unspecified atom stereocenters. The second-order valence-corrected chi connectivity index (χ2v) is 5.84. The van der Waals surface area contributed by atoms with Gasteiger partial charge in [0.2, 0.25) is 5.91 Å². The topological polar surface area (TPSA) is 77.1 Å². The van der Waals surface area contributed by atoms with Gasteiger partial charge in [0.15, 0.2) is 0 Å². The van der Waals surface area contributed by atoms with E-state index in [-0.39, 0.29) is 17.5 Å². The summed E-state index contributed by atoms with van der Waals surface area (Å²) in [5.41, 5.74) is 0.316. The van der Waals surface area contributed by atoms with Crippen molar-refractivity contribution in [3.63, 3.8) is 0 Å². The summed E-state index contributed by atoms with van der Waals surface area (Å²) in [5, 5.41) is 8.18. The predicted octanol–water partition coefficient (Wildman–Crippen LogP) is 3.00. The first-order valence-corrected chi connectivity index (χ1v) is 7.65. The average Bonchev–Trinajstić information content (AvgIpc) is 3.13. The first-order chi connectivity index (χ1) is 11.0. The lowest BCUT2D eigenvalue weighted by atomic mass is 10.3. The van der Waals surface area contributed by atoms with Gasteiger partial charge in [-0.15, -0.1) is 16.4 Å². The van der Waals surface area contributed by atoms with Crippen molar-refractivity contribution in [1.82, 2.24) is 9.78 Å². The highest BCUT2D eigenvalue weighted by atomic mass is 35.5. The van der Waals surface area contributed by atoms with Gasteiger partial charge in [-0.2, -0.15) is 4.68 Å². The fraction of sp³-hybridized carbons (Fsp3) is 0.0714. The lowest BCUT2D eigenvalue weighted by Crippen LogP contribution is -2.25. The van der Waals surface area contributed by atoms with E-state index in [4.69, 9.17) is 16.0 Å². The van der Waals surface area contributed by atoms with Gasteiger partial charge in [0, 0.05) is 5.69 Å². The molecule has 0 aliphatic carbocycles. The molecule has 0 aliphatic heterocycles. The highest BCUT2D eigenvalue weighted by molar-refractivity contribution is 7.13. The molecule has 0 bridgehead atoms. The second-order valence-electron chi connectivity index (χ2n) is 4.49. The van der Waals surface area contributed by atoms with Gasteiger partial charge in [-0.1, -0.05) is 17.7 Å². The number of rotatable bonds is 4.